The zero-order valence-electron chi connectivity index (χ0n) is 30.9. The number of nitrogens with zero attached hydrogens (tertiary/aromatic N) is 3. The van der Waals surface area contributed by atoms with Crippen LogP contribution >= 0.6 is 0 Å². The average molecular weight is 763 g/mol. The van der Waals surface area contributed by atoms with Crippen molar-refractivity contribution >= 4 is 38.7 Å². The van der Waals surface area contributed by atoms with Gasteiger partial charge in [0.05, 0.1) is 30.8 Å². The SMILES string of the molecule is Cc1cn(C2OC(CO[Si](C)(C)C(C)(C)C)C3(OS(=O)(=O)C=C3N)C2O[Si](C)(C)C(C)(C)C)c(=O)n(CCCN(CC(=O)O)CC(=O)O)c1=O. The molecule has 4 atom stereocenters. The fourth-order valence-corrected chi connectivity index (χ4v) is 8.91. The minimum Gasteiger partial charge on any atom is -0.480 e. The van der Waals surface area contributed by atoms with Crippen LogP contribution < -0.4 is 17.0 Å². The highest BCUT2D eigenvalue weighted by Gasteiger charge is 2.67. The van der Waals surface area contributed by atoms with Crippen LogP contribution in [0.25, 0.3) is 0 Å². The van der Waals surface area contributed by atoms with Crippen LogP contribution in [0.5, 0.6) is 0 Å². The second kappa shape index (κ2) is 14.4. The van der Waals surface area contributed by atoms with Gasteiger partial charge in [0, 0.05) is 24.8 Å². The monoisotopic (exact) mass is 762 g/mol. The first kappa shape index (κ1) is 41.8. The maximum atomic E-state index is 14.2. The van der Waals surface area contributed by atoms with Crippen LogP contribution in [0.15, 0.2) is 26.9 Å². The molecule has 1 spiro atoms. The largest absolute Gasteiger partial charge is 0.480 e. The Kier molecular flexibility index (Phi) is 12.0. The number of nitrogens with two attached hydrogens (primary N) is 1. The molecule has 3 heterocycles. The number of hydrogen-bond acceptors (Lipinski definition) is 12. The number of carboxylic acid groups (broad SMARTS) is 2. The lowest BCUT2D eigenvalue weighted by Gasteiger charge is -2.43. The number of ether oxygens (including phenoxy) is 1. The highest BCUT2D eigenvalue weighted by atomic mass is 32.2. The Labute approximate surface area is 295 Å². The molecule has 50 heavy (non-hydrogen) atoms. The van der Waals surface area contributed by atoms with Gasteiger partial charge in [-0.2, -0.15) is 8.42 Å². The summed E-state index contributed by atoms with van der Waals surface area (Å²) in [6.07, 6.45) is -2.37. The van der Waals surface area contributed by atoms with Gasteiger partial charge in [0.1, 0.15) is 12.2 Å². The molecule has 0 aromatic carbocycles. The van der Waals surface area contributed by atoms with E-state index in [4.69, 9.17) is 23.5 Å². The first-order valence-corrected chi connectivity index (χ1v) is 23.7. The molecule has 1 aromatic heterocycles. The summed E-state index contributed by atoms with van der Waals surface area (Å²) in [4.78, 5) is 51.3. The van der Waals surface area contributed by atoms with Gasteiger partial charge in [-0.1, -0.05) is 41.5 Å². The predicted octanol–water partition coefficient (Wildman–Crippen LogP) is 2.39. The molecule has 2 aliphatic heterocycles. The predicted molar refractivity (Wildman–Crippen MR) is 190 cm³/mol. The molecule has 0 aliphatic carbocycles. The van der Waals surface area contributed by atoms with Gasteiger partial charge in [-0.3, -0.25) is 28.4 Å². The van der Waals surface area contributed by atoms with Gasteiger partial charge in [-0.15, -0.1) is 0 Å². The van der Waals surface area contributed by atoms with Gasteiger partial charge in [0.25, 0.3) is 15.7 Å². The molecule has 0 bridgehead atoms. The Bertz CT molecular complexity index is 1710. The van der Waals surface area contributed by atoms with Crippen molar-refractivity contribution < 1.29 is 46.0 Å². The van der Waals surface area contributed by atoms with Crippen molar-refractivity contribution in [2.24, 2.45) is 5.73 Å². The van der Waals surface area contributed by atoms with E-state index in [0.29, 0.717) is 0 Å². The van der Waals surface area contributed by atoms with E-state index < -0.39 is 87.1 Å². The molecule has 0 amide bonds. The lowest BCUT2D eigenvalue weighted by Crippen LogP contribution is -2.59. The molecular formula is C31H54N4O12SSi2. The number of aromatic nitrogens is 2. The maximum Gasteiger partial charge on any atom is 0.333 e. The summed E-state index contributed by atoms with van der Waals surface area (Å²) >= 11 is 0. The fraction of sp³-hybridized carbons (Fsp3) is 0.742. The molecule has 0 radical (unpaired) electrons. The van der Waals surface area contributed by atoms with E-state index in [0.717, 1.165) is 9.98 Å². The van der Waals surface area contributed by atoms with Gasteiger partial charge >= 0.3 is 17.6 Å². The summed E-state index contributed by atoms with van der Waals surface area (Å²) < 4.78 is 54.2. The standard InChI is InChI=1S/C31H54N4O12SSi2/c1-20-15-35(28(41)34(26(20)40)14-12-13-33(16-23(36)37)17-24(38)39)27-25(46-50(10,11)30(5,6)7)31(21(32)19-48(42,43)47-31)22(45-27)18-44-49(8,9)29(2,3)4/h15,19,22,25,27H,12-14,16-18,32H2,1-11H3,(H,36,37)(H,38,39). The topological polar surface area (TPSA) is 219 Å². The molecule has 1 aromatic rings. The van der Waals surface area contributed by atoms with E-state index in [9.17, 15) is 37.8 Å². The van der Waals surface area contributed by atoms with Gasteiger partial charge < -0.3 is 29.5 Å². The first-order chi connectivity index (χ1) is 22.6. The Morgan fingerprint density at radius 1 is 1.02 bits per heavy atom. The summed E-state index contributed by atoms with van der Waals surface area (Å²) in [5, 5.41) is 18.6. The zero-order chi connectivity index (χ0) is 38.4. The zero-order valence-corrected chi connectivity index (χ0v) is 33.8. The Hall–Kier alpha value is -2.66. The van der Waals surface area contributed by atoms with Gasteiger partial charge in [-0.05, 0) is 49.6 Å². The maximum absolute atomic E-state index is 14.2. The Balaban J connectivity index is 2.19. The number of aryl methyl sites for hydroxylation is 1. The number of carboxylic acids is 2. The van der Waals surface area contributed by atoms with E-state index in [1.165, 1.54) is 22.6 Å². The van der Waals surface area contributed by atoms with Crippen molar-refractivity contribution in [1.82, 2.24) is 14.0 Å². The van der Waals surface area contributed by atoms with Crippen LogP contribution in [0, 0.1) is 6.92 Å². The number of carbonyl (C=O) groups is 2. The normalized spacial score (nSPS) is 24.2. The second-order valence-corrected chi connectivity index (χ2v) is 27.1. The molecule has 4 N–H and O–H groups in total. The summed E-state index contributed by atoms with van der Waals surface area (Å²) in [7, 11) is -9.56. The van der Waals surface area contributed by atoms with Gasteiger partial charge in [0.2, 0.25) is 0 Å². The van der Waals surface area contributed by atoms with Crippen LogP contribution in [0.2, 0.25) is 36.3 Å². The van der Waals surface area contributed by atoms with Crippen molar-refractivity contribution in [2.75, 3.05) is 26.2 Å². The number of aliphatic carboxylic acids is 2. The average Bonchev–Trinajstić information content (AvgIpc) is 3.35. The van der Waals surface area contributed by atoms with E-state index in [1.807, 2.05) is 47.0 Å². The fourth-order valence-electron chi connectivity index (χ4n) is 5.40. The Morgan fingerprint density at radius 2 is 1.56 bits per heavy atom. The van der Waals surface area contributed by atoms with Crippen LogP contribution in [0.1, 0.15) is 59.8 Å². The highest BCUT2D eigenvalue weighted by molar-refractivity contribution is 7.90. The summed E-state index contributed by atoms with van der Waals surface area (Å²) in [6, 6.07) is 0. The lowest BCUT2D eigenvalue weighted by molar-refractivity contribution is -0.141. The molecule has 1 fully saturated rings. The third-order valence-corrected chi connectivity index (χ3v) is 20.3. The molecule has 3 rings (SSSR count). The molecule has 2 aliphatic rings. The molecule has 284 valence electrons. The van der Waals surface area contributed by atoms with Crippen molar-refractivity contribution in [1.29, 1.82) is 0 Å². The van der Waals surface area contributed by atoms with Crippen molar-refractivity contribution in [2.45, 2.75) is 122 Å². The van der Waals surface area contributed by atoms with Crippen molar-refractivity contribution in [3.05, 3.63) is 43.7 Å². The third kappa shape index (κ3) is 8.68. The summed E-state index contributed by atoms with van der Waals surface area (Å²) in [5.74, 6) is -2.45. The van der Waals surface area contributed by atoms with E-state index in [1.54, 1.807) is 0 Å². The van der Waals surface area contributed by atoms with Crippen LogP contribution in [-0.4, -0.2) is 105 Å². The minimum atomic E-state index is -4.31. The van der Waals surface area contributed by atoms with E-state index >= 15 is 0 Å². The third-order valence-electron chi connectivity index (χ3n) is 10.3. The van der Waals surface area contributed by atoms with Gasteiger partial charge in [-0.25, -0.2) is 8.98 Å². The highest BCUT2D eigenvalue weighted by Crippen LogP contribution is 2.52. The second-order valence-electron chi connectivity index (χ2n) is 16.1. The van der Waals surface area contributed by atoms with Crippen LogP contribution in [-0.2, 0) is 44.0 Å². The number of rotatable bonds is 14. The van der Waals surface area contributed by atoms with Crippen molar-refractivity contribution in [3.8, 4) is 0 Å². The summed E-state index contributed by atoms with van der Waals surface area (Å²) in [6.45, 7) is 20.2. The lowest BCUT2D eigenvalue weighted by atomic mass is 9.89. The molecule has 4 unspecified atom stereocenters. The van der Waals surface area contributed by atoms with Crippen molar-refractivity contribution in [3.63, 3.8) is 0 Å². The Morgan fingerprint density at radius 3 is 2.02 bits per heavy atom. The quantitative estimate of drug-likeness (QED) is 0.183. The van der Waals surface area contributed by atoms with E-state index in [-0.39, 0.29) is 47.5 Å². The van der Waals surface area contributed by atoms with E-state index in [2.05, 4.69) is 20.8 Å². The van der Waals surface area contributed by atoms with Crippen LogP contribution in [0.3, 0.4) is 0 Å². The molecule has 16 nitrogen and oxygen atoms in total. The van der Waals surface area contributed by atoms with Crippen LogP contribution in [0.4, 0.5) is 0 Å². The summed E-state index contributed by atoms with van der Waals surface area (Å²) in [5.41, 5.74) is 3.21. The first-order valence-electron chi connectivity index (χ1n) is 16.5. The van der Waals surface area contributed by atoms with Gasteiger partial charge in [0.15, 0.2) is 28.5 Å². The number of hydrogen-bond donors (Lipinski definition) is 3. The smallest absolute Gasteiger partial charge is 0.333 e. The molecule has 1 saturated heterocycles. The molecule has 0 saturated carbocycles. The minimum absolute atomic E-state index is 0.0293. The molecular weight excluding hydrogens is 709 g/mol. The molecule has 19 heteroatoms.